The number of hydrogen-bond donors (Lipinski definition) is 0. The van der Waals surface area contributed by atoms with E-state index in [0.717, 1.165) is 12.8 Å². The highest BCUT2D eigenvalue weighted by molar-refractivity contribution is 6.00. The van der Waals surface area contributed by atoms with Crippen molar-refractivity contribution in [2.75, 3.05) is 14.2 Å². The predicted molar refractivity (Wildman–Crippen MR) is 83.8 cm³/mol. The Bertz CT molecular complexity index is 503. The fraction of sp³-hybridized carbons (Fsp3) is 0.611. The zero-order valence-corrected chi connectivity index (χ0v) is 13.7. The molecule has 120 valence electrons. The molecule has 0 aromatic rings. The van der Waals surface area contributed by atoms with Crippen molar-refractivity contribution in [3.63, 3.8) is 0 Å². The molecule has 0 N–H and O–H groups in total. The van der Waals surface area contributed by atoms with E-state index in [1.54, 1.807) is 13.0 Å². The molecule has 0 heterocycles. The number of carbonyl (C=O) groups excluding carboxylic acids is 2. The van der Waals surface area contributed by atoms with Crippen molar-refractivity contribution in [3.05, 3.63) is 17.4 Å². The first kappa shape index (κ1) is 18.1. The highest BCUT2D eigenvalue weighted by atomic mass is 16.5. The van der Waals surface area contributed by atoms with Gasteiger partial charge in [0.15, 0.2) is 5.41 Å². The Morgan fingerprint density at radius 1 is 1.14 bits per heavy atom. The maximum atomic E-state index is 12.2. The van der Waals surface area contributed by atoms with Crippen LogP contribution >= 0.6 is 0 Å². The molecular formula is C18H24O4. The molecule has 22 heavy (non-hydrogen) atoms. The zero-order chi connectivity index (χ0) is 16.4. The second-order valence-electron chi connectivity index (χ2n) is 5.39. The van der Waals surface area contributed by atoms with Crippen LogP contribution in [0.2, 0.25) is 0 Å². The minimum atomic E-state index is -1.41. The number of esters is 2. The Hall–Kier alpha value is -1.98. The van der Waals surface area contributed by atoms with E-state index in [1.807, 2.05) is 0 Å². The van der Waals surface area contributed by atoms with Crippen molar-refractivity contribution in [2.24, 2.45) is 5.41 Å². The number of carbonyl (C=O) groups is 2. The first-order valence-electron chi connectivity index (χ1n) is 7.60. The second kappa shape index (κ2) is 9.12. The molecule has 4 heteroatoms. The van der Waals surface area contributed by atoms with Crippen molar-refractivity contribution < 1.29 is 19.1 Å². The Balaban J connectivity index is 3.05. The molecule has 0 bridgehead atoms. The summed E-state index contributed by atoms with van der Waals surface area (Å²) in [6, 6.07) is 0. The van der Waals surface area contributed by atoms with Crippen molar-refractivity contribution in [2.45, 2.75) is 51.9 Å². The summed E-state index contributed by atoms with van der Waals surface area (Å²) < 4.78 is 9.63. The molecule has 4 nitrogen and oxygen atoms in total. The summed E-state index contributed by atoms with van der Waals surface area (Å²) in [5.74, 6) is 4.28. The maximum Gasteiger partial charge on any atom is 0.324 e. The van der Waals surface area contributed by atoms with E-state index in [9.17, 15) is 9.59 Å². The summed E-state index contributed by atoms with van der Waals surface area (Å²) >= 11 is 0. The zero-order valence-electron chi connectivity index (χ0n) is 13.7. The molecule has 0 saturated heterocycles. The highest BCUT2D eigenvalue weighted by Crippen LogP contribution is 2.31. The minimum absolute atomic E-state index is 0.0797. The minimum Gasteiger partial charge on any atom is -0.468 e. The summed E-state index contributed by atoms with van der Waals surface area (Å²) in [6.45, 7) is 1.67. The number of hydrogen-bond acceptors (Lipinski definition) is 4. The van der Waals surface area contributed by atoms with Gasteiger partial charge in [0, 0.05) is 12.8 Å². The van der Waals surface area contributed by atoms with E-state index in [-0.39, 0.29) is 12.8 Å². The highest BCUT2D eigenvalue weighted by Gasteiger charge is 2.47. The molecule has 0 unspecified atom stereocenters. The molecular weight excluding hydrogens is 280 g/mol. The Labute approximate surface area is 132 Å². The Kier molecular flexibility index (Phi) is 7.49. The molecule has 0 radical (unpaired) electrons. The third-order valence-electron chi connectivity index (χ3n) is 3.93. The monoisotopic (exact) mass is 304 g/mol. The Morgan fingerprint density at radius 2 is 1.73 bits per heavy atom. The first-order chi connectivity index (χ1) is 10.6. The quantitative estimate of drug-likeness (QED) is 0.339. The van der Waals surface area contributed by atoms with Crippen LogP contribution in [-0.2, 0) is 19.1 Å². The summed E-state index contributed by atoms with van der Waals surface area (Å²) in [6.07, 6.45) is 7.70. The van der Waals surface area contributed by atoms with Crippen LogP contribution in [0, 0.1) is 17.3 Å². The predicted octanol–water partition coefficient (Wildman–Crippen LogP) is 3.17. The van der Waals surface area contributed by atoms with Crippen molar-refractivity contribution in [3.8, 4) is 11.8 Å². The van der Waals surface area contributed by atoms with Gasteiger partial charge in [0.2, 0.25) is 0 Å². The average molecular weight is 304 g/mol. The van der Waals surface area contributed by atoms with Crippen LogP contribution in [0.15, 0.2) is 17.4 Å². The van der Waals surface area contributed by atoms with E-state index < -0.39 is 17.4 Å². The lowest BCUT2D eigenvalue weighted by molar-refractivity contribution is -0.168. The van der Waals surface area contributed by atoms with Crippen LogP contribution in [0.25, 0.3) is 0 Å². The second-order valence-corrected chi connectivity index (χ2v) is 5.39. The van der Waals surface area contributed by atoms with E-state index in [4.69, 9.17) is 9.47 Å². The fourth-order valence-electron chi connectivity index (χ4n) is 2.59. The third kappa shape index (κ3) is 4.51. The van der Waals surface area contributed by atoms with E-state index in [0.29, 0.717) is 0 Å². The van der Waals surface area contributed by atoms with Crippen LogP contribution in [0.4, 0.5) is 0 Å². The summed E-state index contributed by atoms with van der Waals surface area (Å²) in [5, 5.41) is 0. The fourth-order valence-corrected chi connectivity index (χ4v) is 2.59. The third-order valence-corrected chi connectivity index (χ3v) is 3.93. The van der Waals surface area contributed by atoms with Crippen LogP contribution in [0.1, 0.15) is 51.9 Å². The van der Waals surface area contributed by atoms with Gasteiger partial charge in [-0.2, -0.15) is 0 Å². The smallest absolute Gasteiger partial charge is 0.324 e. The van der Waals surface area contributed by atoms with E-state index in [1.165, 1.54) is 39.1 Å². The van der Waals surface area contributed by atoms with Crippen LogP contribution in [0.3, 0.4) is 0 Å². The molecule has 0 aromatic heterocycles. The molecule has 0 aliphatic heterocycles. The molecule has 0 aromatic carbocycles. The van der Waals surface area contributed by atoms with Gasteiger partial charge >= 0.3 is 11.9 Å². The molecule has 0 spiro atoms. The van der Waals surface area contributed by atoms with Crippen LogP contribution < -0.4 is 0 Å². The molecule has 0 atom stereocenters. The number of allylic oxidation sites excluding steroid dienone is 1. The lowest BCUT2D eigenvalue weighted by Crippen LogP contribution is -2.40. The van der Waals surface area contributed by atoms with Gasteiger partial charge in [-0.1, -0.05) is 6.42 Å². The van der Waals surface area contributed by atoms with Gasteiger partial charge in [0.25, 0.3) is 0 Å². The lowest BCUT2D eigenvalue weighted by Gasteiger charge is -2.24. The number of rotatable bonds is 5. The number of ether oxygens (including phenoxy) is 2. The topological polar surface area (TPSA) is 52.6 Å². The summed E-state index contributed by atoms with van der Waals surface area (Å²) in [5.41, 5.74) is 3.08. The van der Waals surface area contributed by atoms with E-state index in [2.05, 4.69) is 17.6 Å². The largest absolute Gasteiger partial charge is 0.468 e. The van der Waals surface area contributed by atoms with Crippen molar-refractivity contribution in [1.82, 2.24) is 0 Å². The van der Waals surface area contributed by atoms with Gasteiger partial charge in [-0.25, -0.2) is 0 Å². The van der Waals surface area contributed by atoms with Gasteiger partial charge in [-0.3, -0.25) is 9.59 Å². The summed E-state index contributed by atoms with van der Waals surface area (Å²) in [7, 11) is 2.53. The van der Waals surface area contributed by atoms with Crippen molar-refractivity contribution in [1.29, 1.82) is 0 Å². The average Bonchev–Trinajstić information content (AvgIpc) is 2.57. The van der Waals surface area contributed by atoms with Crippen molar-refractivity contribution >= 4 is 11.9 Å². The number of methoxy groups -OCH3 is 2. The molecule has 0 amide bonds. The standard InChI is InChI=1S/C18H24O4/c1-4-5-13-18(16(19)21-2,17(20)22-3)14-9-12-15-10-7-6-8-11-15/h9H,6-8,10-11,13-14H2,1-3H3. The first-order valence-corrected chi connectivity index (χ1v) is 7.60. The van der Waals surface area contributed by atoms with Gasteiger partial charge in [0.1, 0.15) is 0 Å². The molecule has 1 aliphatic carbocycles. The van der Waals surface area contributed by atoms with Crippen LogP contribution in [0.5, 0.6) is 0 Å². The maximum absolute atomic E-state index is 12.2. The normalized spacial score (nSPS) is 14.2. The molecule has 1 aliphatic rings. The van der Waals surface area contributed by atoms with Gasteiger partial charge in [-0.05, 0) is 44.3 Å². The SMILES string of the molecule is CC#CCC(CC=C=C1CCCCC1)(C(=O)OC)C(=O)OC. The summed E-state index contributed by atoms with van der Waals surface area (Å²) in [4.78, 5) is 24.4. The lowest BCUT2D eigenvalue weighted by atomic mass is 9.81. The van der Waals surface area contributed by atoms with Crippen LogP contribution in [-0.4, -0.2) is 26.2 Å². The van der Waals surface area contributed by atoms with Gasteiger partial charge in [-0.15, -0.1) is 17.6 Å². The van der Waals surface area contributed by atoms with Gasteiger partial charge in [0.05, 0.1) is 14.2 Å². The van der Waals surface area contributed by atoms with Gasteiger partial charge < -0.3 is 9.47 Å². The molecule has 1 rings (SSSR count). The molecule has 1 saturated carbocycles. The van der Waals surface area contributed by atoms with E-state index >= 15 is 0 Å². The Morgan fingerprint density at radius 3 is 2.23 bits per heavy atom. The molecule has 1 fully saturated rings.